The van der Waals surface area contributed by atoms with Crippen molar-refractivity contribution >= 4 is 10.0 Å². The lowest BCUT2D eigenvalue weighted by atomic mass is 9.80. The summed E-state index contributed by atoms with van der Waals surface area (Å²) in [5, 5.41) is -0.248. The Morgan fingerprint density at radius 2 is 1.83 bits per heavy atom. The molecular weight excluding hydrogens is 310 g/mol. The summed E-state index contributed by atoms with van der Waals surface area (Å²) in [7, 11) is -3.18. The fourth-order valence-electron chi connectivity index (χ4n) is 3.97. The standard InChI is InChI=1S/C18H27NO3S/c1-2-15-14-19(23(20,21)17-9-12-22-13-10-17)11-8-18(15)16-6-4-3-5-7-16/h3-7,15,17-18H,2,8-14H2,1H3/t15-,18-/m0/s1. The highest BCUT2D eigenvalue weighted by atomic mass is 32.2. The first-order valence-corrected chi connectivity index (χ1v) is 10.2. The number of hydrogen-bond acceptors (Lipinski definition) is 3. The molecule has 5 heteroatoms. The first-order valence-electron chi connectivity index (χ1n) is 8.74. The van der Waals surface area contributed by atoms with Crippen LogP contribution >= 0.6 is 0 Å². The number of nitrogens with zero attached hydrogens (tertiary/aromatic N) is 1. The lowest BCUT2D eigenvalue weighted by Gasteiger charge is -2.39. The molecule has 0 radical (unpaired) electrons. The lowest BCUT2D eigenvalue weighted by Crippen LogP contribution is -2.47. The number of sulfonamides is 1. The van der Waals surface area contributed by atoms with Crippen molar-refractivity contribution in [1.29, 1.82) is 0 Å². The summed E-state index contributed by atoms with van der Waals surface area (Å²) in [5.74, 6) is 0.878. The molecular formula is C18H27NO3S. The first-order chi connectivity index (χ1) is 11.1. The van der Waals surface area contributed by atoms with Crippen LogP contribution in [0.1, 0.15) is 44.1 Å². The summed E-state index contributed by atoms with van der Waals surface area (Å²) in [4.78, 5) is 0. The molecule has 0 amide bonds. The van der Waals surface area contributed by atoms with Gasteiger partial charge in [0.1, 0.15) is 0 Å². The number of piperidine rings is 1. The Hall–Kier alpha value is -0.910. The summed E-state index contributed by atoms with van der Waals surface area (Å²) in [6.45, 7) is 4.62. The van der Waals surface area contributed by atoms with Crippen LogP contribution in [0.2, 0.25) is 0 Å². The highest BCUT2D eigenvalue weighted by molar-refractivity contribution is 7.89. The van der Waals surface area contributed by atoms with Gasteiger partial charge in [-0.05, 0) is 36.7 Å². The van der Waals surface area contributed by atoms with E-state index >= 15 is 0 Å². The third kappa shape index (κ3) is 3.62. The van der Waals surface area contributed by atoms with E-state index in [4.69, 9.17) is 4.74 Å². The minimum Gasteiger partial charge on any atom is -0.381 e. The summed E-state index contributed by atoms with van der Waals surface area (Å²) in [5.41, 5.74) is 1.35. The van der Waals surface area contributed by atoms with Crippen LogP contribution in [-0.2, 0) is 14.8 Å². The highest BCUT2D eigenvalue weighted by Gasteiger charge is 2.38. The third-order valence-electron chi connectivity index (χ3n) is 5.40. The zero-order valence-corrected chi connectivity index (χ0v) is 14.7. The second-order valence-corrected chi connectivity index (χ2v) is 8.90. The van der Waals surface area contributed by atoms with Crippen LogP contribution in [-0.4, -0.2) is 44.3 Å². The van der Waals surface area contributed by atoms with E-state index < -0.39 is 10.0 Å². The molecule has 1 aromatic carbocycles. The molecule has 0 bridgehead atoms. The van der Waals surface area contributed by atoms with Crippen molar-refractivity contribution in [2.24, 2.45) is 5.92 Å². The van der Waals surface area contributed by atoms with Crippen LogP contribution in [0.25, 0.3) is 0 Å². The molecule has 0 spiro atoms. The van der Waals surface area contributed by atoms with Crippen molar-refractivity contribution in [1.82, 2.24) is 4.31 Å². The van der Waals surface area contributed by atoms with Crippen LogP contribution in [0.5, 0.6) is 0 Å². The zero-order chi connectivity index (χ0) is 16.3. The van der Waals surface area contributed by atoms with Gasteiger partial charge >= 0.3 is 0 Å². The minimum atomic E-state index is -3.18. The van der Waals surface area contributed by atoms with Gasteiger partial charge in [-0.25, -0.2) is 12.7 Å². The summed E-state index contributed by atoms with van der Waals surface area (Å²) in [6, 6.07) is 10.5. The molecule has 128 valence electrons. The van der Waals surface area contributed by atoms with Crippen LogP contribution in [0, 0.1) is 5.92 Å². The largest absolute Gasteiger partial charge is 0.381 e. The molecule has 2 atom stereocenters. The molecule has 0 aromatic heterocycles. The van der Waals surface area contributed by atoms with Gasteiger partial charge in [-0.3, -0.25) is 0 Å². The highest BCUT2D eigenvalue weighted by Crippen LogP contribution is 2.36. The van der Waals surface area contributed by atoms with Crippen molar-refractivity contribution in [3.05, 3.63) is 35.9 Å². The van der Waals surface area contributed by atoms with E-state index in [1.807, 2.05) is 6.07 Å². The van der Waals surface area contributed by atoms with Gasteiger partial charge in [-0.1, -0.05) is 43.7 Å². The molecule has 23 heavy (non-hydrogen) atoms. The van der Waals surface area contributed by atoms with Gasteiger partial charge in [-0.2, -0.15) is 0 Å². The van der Waals surface area contributed by atoms with E-state index in [9.17, 15) is 8.42 Å². The summed E-state index contributed by atoms with van der Waals surface area (Å²) in [6.07, 6.45) is 3.21. The molecule has 4 nitrogen and oxygen atoms in total. The molecule has 0 N–H and O–H groups in total. The Balaban J connectivity index is 1.73. The normalized spacial score (nSPS) is 27.9. The van der Waals surface area contributed by atoms with Gasteiger partial charge in [0, 0.05) is 26.3 Å². The van der Waals surface area contributed by atoms with Crippen LogP contribution in [0.4, 0.5) is 0 Å². The molecule has 2 fully saturated rings. The third-order valence-corrected chi connectivity index (χ3v) is 7.76. The molecule has 2 heterocycles. The fraction of sp³-hybridized carbons (Fsp3) is 0.667. The maximum Gasteiger partial charge on any atom is 0.217 e. The van der Waals surface area contributed by atoms with E-state index in [0.29, 0.717) is 51.0 Å². The van der Waals surface area contributed by atoms with E-state index in [1.165, 1.54) is 5.56 Å². The second kappa shape index (κ2) is 7.32. The number of benzene rings is 1. The van der Waals surface area contributed by atoms with Crippen molar-refractivity contribution in [3.63, 3.8) is 0 Å². The molecule has 2 aliphatic heterocycles. The number of rotatable bonds is 4. The van der Waals surface area contributed by atoms with Crippen molar-refractivity contribution in [2.45, 2.75) is 43.8 Å². The lowest BCUT2D eigenvalue weighted by molar-refractivity contribution is 0.0964. The Bertz CT molecular complexity index is 596. The Labute approximate surface area is 139 Å². The van der Waals surface area contributed by atoms with Crippen LogP contribution < -0.4 is 0 Å². The second-order valence-electron chi connectivity index (χ2n) is 6.69. The summed E-state index contributed by atoms with van der Waals surface area (Å²) >= 11 is 0. The van der Waals surface area contributed by atoms with Gasteiger partial charge in [0.15, 0.2) is 0 Å². The van der Waals surface area contributed by atoms with E-state index in [1.54, 1.807) is 4.31 Å². The fourth-order valence-corrected chi connectivity index (χ4v) is 5.94. The van der Waals surface area contributed by atoms with Crippen LogP contribution in [0.15, 0.2) is 30.3 Å². The maximum atomic E-state index is 12.9. The van der Waals surface area contributed by atoms with Gasteiger partial charge < -0.3 is 4.74 Å². The SMILES string of the molecule is CC[C@H]1CN(S(=O)(=O)C2CCOCC2)CC[C@@H]1c1ccccc1. The predicted molar refractivity (Wildman–Crippen MR) is 91.9 cm³/mol. The number of ether oxygens (including phenoxy) is 1. The quantitative estimate of drug-likeness (QED) is 0.848. The van der Waals surface area contributed by atoms with Crippen molar-refractivity contribution < 1.29 is 13.2 Å². The van der Waals surface area contributed by atoms with Gasteiger partial charge in [0.05, 0.1) is 5.25 Å². The van der Waals surface area contributed by atoms with E-state index in [-0.39, 0.29) is 5.25 Å². The number of hydrogen-bond donors (Lipinski definition) is 0. The molecule has 0 aliphatic carbocycles. The van der Waals surface area contributed by atoms with E-state index in [2.05, 4.69) is 31.2 Å². The smallest absolute Gasteiger partial charge is 0.217 e. The molecule has 2 saturated heterocycles. The molecule has 2 aliphatic rings. The van der Waals surface area contributed by atoms with Crippen LogP contribution in [0.3, 0.4) is 0 Å². The molecule has 0 unspecified atom stereocenters. The van der Waals surface area contributed by atoms with Crippen molar-refractivity contribution in [2.75, 3.05) is 26.3 Å². The first kappa shape index (κ1) is 16.9. The Morgan fingerprint density at radius 3 is 2.48 bits per heavy atom. The van der Waals surface area contributed by atoms with Crippen molar-refractivity contribution in [3.8, 4) is 0 Å². The van der Waals surface area contributed by atoms with Gasteiger partial charge in [0.25, 0.3) is 0 Å². The average molecular weight is 337 g/mol. The molecule has 0 saturated carbocycles. The molecule has 3 rings (SSSR count). The topological polar surface area (TPSA) is 46.6 Å². The molecule has 1 aromatic rings. The maximum absolute atomic E-state index is 12.9. The summed E-state index contributed by atoms with van der Waals surface area (Å²) < 4.78 is 32.9. The monoisotopic (exact) mass is 337 g/mol. The minimum absolute atomic E-state index is 0.248. The Morgan fingerprint density at radius 1 is 1.13 bits per heavy atom. The average Bonchev–Trinajstić information content (AvgIpc) is 2.62. The van der Waals surface area contributed by atoms with Gasteiger partial charge in [0.2, 0.25) is 10.0 Å². The predicted octanol–water partition coefficient (Wildman–Crippen LogP) is 3.01. The zero-order valence-electron chi connectivity index (χ0n) is 13.9. The van der Waals surface area contributed by atoms with Gasteiger partial charge in [-0.15, -0.1) is 0 Å². The van der Waals surface area contributed by atoms with E-state index in [0.717, 1.165) is 12.8 Å². The Kier molecular flexibility index (Phi) is 5.39.